The van der Waals surface area contributed by atoms with E-state index in [0.717, 1.165) is 58.4 Å². The number of piperidine rings is 2. The predicted octanol–water partition coefficient (Wildman–Crippen LogP) is 1.19. The standard InChI is InChI=1S/C16H29N3O2S/c1-17-11-14-5-9-19(10-6-14)16(21)13-22-12-15(20)18-7-3-2-4-8-18/h14,17H,2-13H2,1H3. The van der Waals surface area contributed by atoms with Gasteiger partial charge in [-0.05, 0) is 51.6 Å². The lowest BCUT2D eigenvalue weighted by molar-refractivity contribution is -0.129. The highest BCUT2D eigenvalue weighted by atomic mass is 32.2. The molecule has 0 aromatic heterocycles. The normalized spacial score (nSPS) is 20.2. The summed E-state index contributed by atoms with van der Waals surface area (Å²) in [5, 5.41) is 3.21. The minimum absolute atomic E-state index is 0.194. The first kappa shape index (κ1) is 17.6. The molecule has 2 aliphatic heterocycles. The zero-order valence-electron chi connectivity index (χ0n) is 13.7. The number of carbonyl (C=O) groups is 2. The van der Waals surface area contributed by atoms with E-state index < -0.39 is 0 Å². The topological polar surface area (TPSA) is 52.7 Å². The van der Waals surface area contributed by atoms with Crippen molar-refractivity contribution in [2.75, 3.05) is 51.3 Å². The Morgan fingerprint density at radius 2 is 1.50 bits per heavy atom. The molecule has 6 heteroatoms. The highest BCUT2D eigenvalue weighted by molar-refractivity contribution is 8.00. The van der Waals surface area contributed by atoms with Crippen molar-refractivity contribution in [1.82, 2.24) is 15.1 Å². The minimum atomic E-state index is 0.194. The number of carbonyl (C=O) groups excluding carboxylic acids is 2. The van der Waals surface area contributed by atoms with Crippen LogP contribution in [0.4, 0.5) is 0 Å². The van der Waals surface area contributed by atoms with Crippen molar-refractivity contribution in [3.63, 3.8) is 0 Å². The van der Waals surface area contributed by atoms with Crippen molar-refractivity contribution in [1.29, 1.82) is 0 Å². The molecule has 2 heterocycles. The maximum Gasteiger partial charge on any atom is 0.232 e. The highest BCUT2D eigenvalue weighted by Gasteiger charge is 2.23. The molecule has 0 aromatic carbocycles. The van der Waals surface area contributed by atoms with Gasteiger partial charge in [-0.15, -0.1) is 11.8 Å². The fraction of sp³-hybridized carbons (Fsp3) is 0.875. The van der Waals surface area contributed by atoms with Crippen LogP contribution in [-0.2, 0) is 9.59 Å². The summed E-state index contributed by atoms with van der Waals surface area (Å²) in [5.41, 5.74) is 0. The number of nitrogens with zero attached hydrogens (tertiary/aromatic N) is 2. The molecule has 5 nitrogen and oxygen atoms in total. The van der Waals surface area contributed by atoms with Gasteiger partial charge in [0.25, 0.3) is 0 Å². The third-order valence-corrected chi connectivity index (χ3v) is 5.52. The van der Waals surface area contributed by atoms with Crippen molar-refractivity contribution in [2.24, 2.45) is 5.92 Å². The first-order valence-electron chi connectivity index (χ1n) is 8.48. The molecule has 0 aliphatic carbocycles. The van der Waals surface area contributed by atoms with Gasteiger partial charge in [0.15, 0.2) is 0 Å². The molecule has 126 valence electrons. The Labute approximate surface area is 138 Å². The summed E-state index contributed by atoms with van der Waals surface area (Å²) in [6.07, 6.45) is 5.65. The van der Waals surface area contributed by atoms with Crippen molar-refractivity contribution in [3.8, 4) is 0 Å². The second-order valence-electron chi connectivity index (χ2n) is 6.32. The van der Waals surface area contributed by atoms with E-state index in [2.05, 4.69) is 5.32 Å². The molecule has 0 atom stereocenters. The molecule has 22 heavy (non-hydrogen) atoms. The molecule has 0 saturated carbocycles. The smallest absolute Gasteiger partial charge is 0.232 e. The third-order valence-electron chi connectivity index (χ3n) is 4.62. The molecule has 2 rings (SSSR count). The predicted molar refractivity (Wildman–Crippen MR) is 91.0 cm³/mol. The maximum atomic E-state index is 12.2. The first-order valence-corrected chi connectivity index (χ1v) is 9.64. The molecular weight excluding hydrogens is 298 g/mol. The van der Waals surface area contributed by atoms with E-state index in [0.29, 0.717) is 17.4 Å². The van der Waals surface area contributed by atoms with Crippen LogP contribution >= 0.6 is 11.8 Å². The highest BCUT2D eigenvalue weighted by Crippen LogP contribution is 2.18. The number of rotatable bonds is 6. The molecule has 0 bridgehead atoms. The van der Waals surface area contributed by atoms with Crippen LogP contribution in [0, 0.1) is 5.92 Å². The second kappa shape index (κ2) is 9.40. The summed E-state index contributed by atoms with van der Waals surface area (Å²) in [4.78, 5) is 28.1. The Morgan fingerprint density at radius 3 is 2.05 bits per heavy atom. The van der Waals surface area contributed by atoms with Crippen LogP contribution in [0.25, 0.3) is 0 Å². The van der Waals surface area contributed by atoms with Crippen LogP contribution in [0.5, 0.6) is 0 Å². The second-order valence-corrected chi connectivity index (χ2v) is 7.30. The lowest BCUT2D eigenvalue weighted by Gasteiger charge is -2.32. The van der Waals surface area contributed by atoms with Gasteiger partial charge in [-0.2, -0.15) is 0 Å². The van der Waals surface area contributed by atoms with Gasteiger partial charge in [-0.3, -0.25) is 9.59 Å². The Morgan fingerprint density at radius 1 is 0.955 bits per heavy atom. The summed E-state index contributed by atoms with van der Waals surface area (Å²) < 4.78 is 0. The summed E-state index contributed by atoms with van der Waals surface area (Å²) in [5.74, 6) is 1.98. The molecule has 0 spiro atoms. The number of amides is 2. The number of hydrogen-bond donors (Lipinski definition) is 1. The van der Waals surface area contributed by atoms with E-state index in [9.17, 15) is 9.59 Å². The van der Waals surface area contributed by atoms with Gasteiger partial charge >= 0.3 is 0 Å². The average Bonchev–Trinajstić information content (AvgIpc) is 2.56. The summed E-state index contributed by atoms with van der Waals surface area (Å²) in [7, 11) is 1.98. The van der Waals surface area contributed by atoms with Gasteiger partial charge in [-0.1, -0.05) is 0 Å². The van der Waals surface area contributed by atoms with Gasteiger partial charge in [0.1, 0.15) is 0 Å². The van der Waals surface area contributed by atoms with Crippen LogP contribution in [0.3, 0.4) is 0 Å². The lowest BCUT2D eigenvalue weighted by atomic mass is 9.97. The summed E-state index contributed by atoms with van der Waals surface area (Å²) in [6, 6.07) is 0. The fourth-order valence-electron chi connectivity index (χ4n) is 3.23. The first-order chi connectivity index (χ1) is 10.7. The molecule has 0 aromatic rings. The van der Waals surface area contributed by atoms with Crippen LogP contribution in [0.1, 0.15) is 32.1 Å². The van der Waals surface area contributed by atoms with Crippen LogP contribution in [-0.4, -0.2) is 72.9 Å². The molecular formula is C16H29N3O2S. The van der Waals surface area contributed by atoms with E-state index in [-0.39, 0.29) is 11.8 Å². The van der Waals surface area contributed by atoms with Crippen molar-refractivity contribution < 1.29 is 9.59 Å². The van der Waals surface area contributed by atoms with Crippen molar-refractivity contribution in [2.45, 2.75) is 32.1 Å². The molecule has 0 unspecified atom stereocenters. The van der Waals surface area contributed by atoms with E-state index in [1.807, 2.05) is 16.8 Å². The Bertz CT molecular complexity index is 364. The largest absolute Gasteiger partial charge is 0.342 e. The van der Waals surface area contributed by atoms with E-state index in [1.54, 1.807) is 0 Å². The summed E-state index contributed by atoms with van der Waals surface area (Å²) >= 11 is 1.47. The quantitative estimate of drug-likeness (QED) is 0.796. The molecule has 0 radical (unpaired) electrons. The zero-order chi connectivity index (χ0) is 15.8. The van der Waals surface area contributed by atoms with E-state index in [1.165, 1.54) is 18.2 Å². The number of thioether (sulfide) groups is 1. The Balaban J connectivity index is 1.60. The summed E-state index contributed by atoms with van der Waals surface area (Å²) in [6.45, 7) is 4.57. The monoisotopic (exact) mass is 327 g/mol. The average molecular weight is 327 g/mol. The van der Waals surface area contributed by atoms with Gasteiger partial charge in [0, 0.05) is 26.2 Å². The Kier molecular flexibility index (Phi) is 7.52. The van der Waals surface area contributed by atoms with Crippen LogP contribution in [0.15, 0.2) is 0 Å². The molecule has 2 fully saturated rings. The van der Waals surface area contributed by atoms with Gasteiger partial charge < -0.3 is 15.1 Å². The minimum Gasteiger partial charge on any atom is -0.342 e. The van der Waals surface area contributed by atoms with Crippen LogP contribution < -0.4 is 5.32 Å². The fourth-order valence-corrected chi connectivity index (χ4v) is 4.04. The SMILES string of the molecule is CNCC1CCN(C(=O)CSCC(=O)N2CCCCC2)CC1. The Hall–Kier alpha value is -0.750. The van der Waals surface area contributed by atoms with Crippen molar-refractivity contribution in [3.05, 3.63) is 0 Å². The molecule has 2 saturated heterocycles. The maximum absolute atomic E-state index is 12.2. The third kappa shape index (κ3) is 5.47. The van der Waals surface area contributed by atoms with E-state index in [4.69, 9.17) is 0 Å². The van der Waals surface area contributed by atoms with E-state index >= 15 is 0 Å². The molecule has 2 amide bonds. The van der Waals surface area contributed by atoms with Gasteiger partial charge in [0.05, 0.1) is 11.5 Å². The lowest BCUT2D eigenvalue weighted by Crippen LogP contribution is -2.41. The zero-order valence-corrected chi connectivity index (χ0v) is 14.5. The number of likely N-dealkylation sites (tertiary alicyclic amines) is 2. The molecule has 1 N–H and O–H groups in total. The number of nitrogens with one attached hydrogen (secondary N) is 1. The molecule has 2 aliphatic rings. The van der Waals surface area contributed by atoms with Gasteiger partial charge in [-0.25, -0.2) is 0 Å². The number of hydrogen-bond acceptors (Lipinski definition) is 4. The van der Waals surface area contributed by atoms with Crippen molar-refractivity contribution >= 4 is 23.6 Å². The van der Waals surface area contributed by atoms with Gasteiger partial charge in [0.2, 0.25) is 11.8 Å². The van der Waals surface area contributed by atoms with Crippen LogP contribution in [0.2, 0.25) is 0 Å².